The van der Waals surface area contributed by atoms with Gasteiger partial charge in [-0.05, 0) is 88.1 Å². The van der Waals surface area contributed by atoms with E-state index < -0.39 is 110 Å². The van der Waals surface area contributed by atoms with Crippen molar-refractivity contribution in [3.63, 3.8) is 0 Å². The lowest BCUT2D eigenvalue weighted by Gasteiger charge is -2.44. The SMILES string of the molecule is C[C@H]1O[C@H](Oc2ccc(/C=C/C(=O)NCCCNCCCCNCCc3ccccc3)cc2)[C@H](N=C(N)N)[C@@H](O)[C@@H]1NC(=O)N[C@H]1OC[C@@H](O[C@@H]2OC[C@H]3OC(=O)N[C@@H]3[C@H]2NC(N)=O)[C@H](O)[C@H]1NC(N)=O. The Labute approximate surface area is 410 Å². The maximum atomic E-state index is 13.5. The molecule has 390 valence electrons. The van der Waals surface area contributed by atoms with Crippen molar-refractivity contribution in [3.8, 4) is 5.75 Å². The first kappa shape index (κ1) is 53.8. The molecule has 0 bridgehead atoms. The van der Waals surface area contributed by atoms with Crippen molar-refractivity contribution in [2.24, 2.45) is 27.9 Å². The number of carbonyl (C=O) groups is 5. The molecule has 6 rings (SSSR count). The third kappa shape index (κ3) is 16.3. The van der Waals surface area contributed by atoms with Crippen LogP contribution in [-0.2, 0) is 34.9 Å². The minimum absolute atomic E-state index is 0.128. The number of primary amides is 2. The highest BCUT2D eigenvalue weighted by Crippen LogP contribution is 2.29. The number of aliphatic imine (C=N–C) groups is 1. The zero-order valence-electron chi connectivity index (χ0n) is 39.3. The molecule has 71 heavy (non-hydrogen) atoms. The third-order valence-corrected chi connectivity index (χ3v) is 12.0. The number of hydrogen-bond acceptors (Lipinski definition) is 16. The number of aliphatic hydroxyl groups is 2. The predicted octanol–water partition coefficient (Wildman–Crippen LogP) is -2.79. The van der Waals surface area contributed by atoms with Gasteiger partial charge in [0.15, 0.2) is 18.5 Å². The van der Waals surface area contributed by atoms with Crippen molar-refractivity contribution in [1.29, 1.82) is 0 Å². The Balaban J connectivity index is 0.928. The van der Waals surface area contributed by atoms with Crippen LogP contribution in [0.1, 0.15) is 37.3 Å². The molecule has 0 aliphatic carbocycles. The van der Waals surface area contributed by atoms with Crippen LogP contribution in [0.5, 0.6) is 5.75 Å². The van der Waals surface area contributed by atoms with Crippen LogP contribution in [0, 0.1) is 0 Å². The highest BCUT2D eigenvalue weighted by Gasteiger charge is 2.51. The molecule has 26 heteroatoms. The second kappa shape index (κ2) is 26.6. The van der Waals surface area contributed by atoms with Crippen LogP contribution in [0.4, 0.5) is 19.2 Å². The van der Waals surface area contributed by atoms with E-state index in [2.05, 4.69) is 71.8 Å². The fourth-order valence-electron chi connectivity index (χ4n) is 8.44. The number of hydrogen-bond donors (Lipinski definition) is 14. The minimum Gasteiger partial charge on any atom is -0.462 e. The third-order valence-electron chi connectivity index (χ3n) is 12.0. The first-order valence-corrected chi connectivity index (χ1v) is 23.5. The molecule has 4 aliphatic heterocycles. The molecule has 4 aliphatic rings. The summed E-state index contributed by atoms with van der Waals surface area (Å²) in [5.41, 5.74) is 24.3. The first-order valence-electron chi connectivity index (χ1n) is 23.5. The molecular formula is C45H67N13O13. The highest BCUT2D eigenvalue weighted by molar-refractivity contribution is 5.91. The fraction of sp³-hybridized carbons (Fsp3) is 0.556. The molecule has 18 N–H and O–H groups in total. The summed E-state index contributed by atoms with van der Waals surface area (Å²) in [5.74, 6) is -0.305. The normalized spacial score (nSPS) is 29.1. The summed E-state index contributed by atoms with van der Waals surface area (Å²) < 4.78 is 34.8. The molecule has 0 aromatic heterocycles. The van der Waals surface area contributed by atoms with Crippen molar-refractivity contribution in [2.45, 2.75) is 112 Å². The zero-order valence-corrected chi connectivity index (χ0v) is 39.3. The van der Waals surface area contributed by atoms with Crippen molar-refractivity contribution in [1.82, 2.24) is 42.5 Å². The number of amides is 8. The molecule has 4 fully saturated rings. The van der Waals surface area contributed by atoms with Crippen LogP contribution < -0.4 is 70.2 Å². The summed E-state index contributed by atoms with van der Waals surface area (Å²) in [5, 5.41) is 45.2. The lowest BCUT2D eigenvalue weighted by Crippen LogP contribution is -2.70. The number of guanidine groups is 1. The van der Waals surface area contributed by atoms with E-state index in [1.807, 2.05) is 6.07 Å². The molecule has 8 amide bonds. The number of fused-ring (bicyclic) bond motifs is 1. The van der Waals surface area contributed by atoms with Gasteiger partial charge in [-0.1, -0.05) is 42.5 Å². The zero-order chi connectivity index (χ0) is 50.9. The Morgan fingerprint density at radius 1 is 0.789 bits per heavy atom. The summed E-state index contributed by atoms with van der Waals surface area (Å²) in [6.07, 6.45) is -3.63. The molecule has 4 heterocycles. The monoisotopic (exact) mass is 997 g/mol. The molecule has 2 aromatic carbocycles. The number of aliphatic hydroxyl groups excluding tert-OH is 2. The van der Waals surface area contributed by atoms with Gasteiger partial charge in [-0.15, -0.1) is 0 Å². The van der Waals surface area contributed by atoms with Crippen molar-refractivity contribution >= 4 is 42.1 Å². The smallest absolute Gasteiger partial charge is 0.407 e. The second-order valence-electron chi connectivity index (χ2n) is 17.3. The molecule has 0 saturated carbocycles. The van der Waals surface area contributed by atoms with Gasteiger partial charge in [0, 0.05) is 12.6 Å². The Morgan fingerprint density at radius 2 is 1.48 bits per heavy atom. The summed E-state index contributed by atoms with van der Waals surface area (Å²) in [6.45, 7) is 5.24. The molecule has 13 atom stereocenters. The van der Waals surface area contributed by atoms with Crippen LogP contribution in [0.2, 0.25) is 0 Å². The van der Waals surface area contributed by atoms with Crippen molar-refractivity contribution in [3.05, 3.63) is 71.8 Å². The van der Waals surface area contributed by atoms with Gasteiger partial charge in [0.05, 0.1) is 31.4 Å². The Bertz CT molecular complexity index is 2120. The minimum atomic E-state index is -1.60. The number of carbonyl (C=O) groups excluding carboxylic acids is 5. The summed E-state index contributed by atoms with van der Waals surface area (Å²) in [6, 6.07) is 8.49. The van der Waals surface area contributed by atoms with Gasteiger partial charge >= 0.3 is 24.2 Å². The van der Waals surface area contributed by atoms with Gasteiger partial charge < -0.3 is 104 Å². The van der Waals surface area contributed by atoms with E-state index in [0.29, 0.717) is 17.9 Å². The van der Waals surface area contributed by atoms with E-state index >= 15 is 0 Å². The Morgan fingerprint density at radius 3 is 2.18 bits per heavy atom. The Hall–Kier alpha value is -6.52. The lowest BCUT2D eigenvalue weighted by atomic mass is 9.95. The van der Waals surface area contributed by atoms with Crippen LogP contribution >= 0.6 is 0 Å². The van der Waals surface area contributed by atoms with Gasteiger partial charge in [-0.25, -0.2) is 24.2 Å². The summed E-state index contributed by atoms with van der Waals surface area (Å²) >= 11 is 0. The van der Waals surface area contributed by atoms with Gasteiger partial charge in [-0.3, -0.25) is 4.79 Å². The summed E-state index contributed by atoms with van der Waals surface area (Å²) in [7, 11) is 0. The average Bonchev–Trinajstić information content (AvgIpc) is 3.72. The molecule has 0 spiro atoms. The fourth-order valence-corrected chi connectivity index (χ4v) is 8.44. The number of nitrogens with zero attached hydrogens (tertiary/aromatic N) is 1. The standard InChI is InChI=1S/C45H67N13O13/c1-24-31(56-44(64)58-38-34(55-43(49)63)36(60)29(23-66-38)70-39-33(54-42(48)62)32-28(22-67-39)71-45(65)57-32)37(61)35(53-41(46)47)40(68-24)69-27-13-10-26(11-14-27)12-15-30(59)52-20-7-19-50-17-5-6-18-51-21-16-25-8-3-2-4-9-25/h2-4,8-15,24,28-29,31-40,50-51,60-61H,5-7,16-23H2,1H3,(H,52,59)(H,57,65)(H4,46,47,53)(H3,48,54,62)(H3,49,55,63)(H2,56,58,64)/b15-12+/t24-,28-,29-,31-,32+,33-,34-,35-,36+,37+,38+,39+,40-/m1/s1. The van der Waals surface area contributed by atoms with Crippen LogP contribution in [0.3, 0.4) is 0 Å². The predicted molar refractivity (Wildman–Crippen MR) is 255 cm³/mol. The molecular weight excluding hydrogens is 931 g/mol. The summed E-state index contributed by atoms with van der Waals surface area (Å²) in [4.78, 5) is 65.9. The quantitative estimate of drug-likeness (QED) is 0.0232. The van der Waals surface area contributed by atoms with E-state index in [-0.39, 0.29) is 19.1 Å². The molecule has 0 radical (unpaired) electrons. The highest BCUT2D eigenvalue weighted by atomic mass is 16.7. The number of nitrogens with one attached hydrogen (secondary N) is 8. The maximum absolute atomic E-state index is 13.5. The lowest BCUT2D eigenvalue weighted by molar-refractivity contribution is -0.260. The van der Waals surface area contributed by atoms with Gasteiger partial charge in [-0.2, -0.15) is 0 Å². The van der Waals surface area contributed by atoms with Crippen LogP contribution in [0.25, 0.3) is 6.08 Å². The molecule has 4 saturated heterocycles. The van der Waals surface area contributed by atoms with Crippen LogP contribution in [0.15, 0.2) is 65.7 Å². The van der Waals surface area contributed by atoms with Gasteiger partial charge in [0.2, 0.25) is 12.2 Å². The van der Waals surface area contributed by atoms with Crippen molar-refractivity contribution in [2.75, 3.05) is 45.9 Å². The number of alkyl carbamates (subject to hydrolysis) is 1. The second-order valence-corrected chi connectivity index (χ2v) is 17.3. The molecule has 26 nitrogen and oxygen atoms in total. The topological polar surface area (TPSA) is 394 Å². The average molecular weight is 998 g/mol. The largest absolute Gasteiger partial charge is 0.462 e. The van der Waals surface area contributed by atoms with E-state index in [4.69, 9.17) is 51.4 Å². The number of unbranched alkanes of at least 4 members (excludes halogenated alkanes) is 1. The van der Waals surface area contributed by atoms with Gasteiger partial charge in [0.25, 0.3) is 0 Å². The number of rotatable bonds is 23. The number of urea groups is 3. The first-order chi connectivity index (χ1) is 34.1. The Kier molecular flexibility index (Phi) is 20.2. The molecule has 0 unspecified atom stereocenters. The number of nitrogens with two attached hydrogens (primary N) is 4. The van der Waals surface area contributed by atoms with E-state index in [1.165, 1.54) is 11.6 Å². The number of ether oxygens (including phenoxy) is 6. The molecule has 2 aromatic rings. The maximum Gasteiger partial charge on any atom is 0.407 e. The van der Waals surface area contributed by atoms with E-state index in [1.54, 1.807) is 37.3 Å². The van der Waals surface area contributed by atoms with E-state index in [9.17, 15) is 34.2 Å². The van der Waals surface area contributed by atoms with Crippen molar-refractivity contribution < 1.29 is 62.6 Å². The van der Waals surface area contributed by atoms with Gasteiger partial charge in [0.1, 0.15) is 48.3 Å². The number of benzene rings is 2. The van der Waals surface area contributed by atoms with Crippen LogP contribution in [-0.4, -0.2) is 172 Å². The van der Waals surface area contributed by atoms with E-state index in [0.717, 1.165) is 51.9 Å².